The highest BCUT2D eigenvalue weighted by atomic mass is 28.2. The molecule has 0 saturated heterocycles. The number of rotatable bonds is 8. The molecule has 114 valence electrons. The Bertz CT molecular complexity index is 369. The van der Waals surface area contributed by atoms with Crippen LogP contribution in [-0.2, 0) is 28.6 Å². The molecule has 0 amide bonds. The number of ether oxygens (including phenoxy) is 3. The fourth-order valence-electron chi connectivity index (χ4n) is 1.55. The van der Waals surface area contributed by atoms with E-state index in [1.165, 1.54) is 26.8 Å². The molecule has 20 heavy (non-hydrogen) atoms. The van der Waals surface area contributed by atoms with Crippen molar-refractivity contribution in [2.24, 2.45) is 0 Å². The molecule has 3 atom stereocenters. The first-order chi connectivity index (χ1) is 9.31. The molecule has 8 heteroatoms. The van der Waals surface area contributed by atoms with Crippen LogP contribution < -0.4 is 0 Å². The molecule has 0 saturated carbocycles. The smallest absolute Gasteiger partial charge is 0.303 e. The van der Waals surface area contributed by atoms with Gasteiger partial charge in [0, 0.05) is 26.3 Å². The van der Waals surface area contributed by atoms with Crippen LogP contribution in [0.3, 0.4) is 0 Å². The van der Waals surface area contributed by atoms with Gasteiger partial charge in [0.1, 0.15) is 12.7 Å². The van der Waals surface area contributed by atoms with Gasteiger partial charge in [0.05, 0.1) is 0 Å². The first kappa shape index (κ1) is 18.3. The maximum absolute atomic E-state index is 11.1. The third-order valence-corrected chi connectivity index (χ3v) is 3.59. The van der Waals surface area contributed by atoms with Crippen molar-refractivity contribution in [2.45, 2.75) is 38.5 Å². The van der Waals surface area contributed by atoms with Crippen molar-refractivity contribution in [3.05, 3.63) is 12.7 Å². The van der Waals surface area contributed by atoms with E-state index in [-0.39, 0.29) is 6.61 Å². The molecule has 0 aromatic rings. The van der Waals surface area contributed by atoms with Gasteiger partial charge < -0.3 is 19.0 Å². The Balaban J connectivity index is 5.12. The zero-order valence-corrected chi connectivity index (χ0v) is 13.2. The normalized spacial score (nSPS) is 15.2. The van der Waals surface area contributed by atoms with Crippen LogP contribution in [0.2, 0.25) is 5.54 Å². The van der Waals surface area contributed by atoms with Crippen LogP contribution in [0.1, 0.15) is 20.8 Å². The lowest BCUT2D eigenvalue weighted by atomic mass is 10.1. The second-order valence-electron chi connectivity index (χ2n) is 4.11. The van der Waals surface area contributed by atoms with Crippen LogP contribution in [0.5, 0.6) is 0 Å². The molecule has 3 unspecified atom stereocenters. The Kier molecular flexibility index (Phi) is 8.49. The first-order valence-corrected chi connectivity index (χ1v) is 7.47. The number of hydrogen-bond acceptors (Lipinski definition) is 7. The standard InChI is InChI=1S/C12H20O7Si/c1-5-11(20-16)12(19-9(4)15)10(18-8(3)14)6-17-7(2)13/h5,10-12,16H,1,6,20H2,2-4H3. The first-order valence-electron chi connectivity index (χ1n) is 6.03. The minimum absolute atomic E-state index is 0.258. The molecule has 0 rings (SSSR count). The molecule has 0 heterocycles. The number of esters is 3. The largest absolute Gasteiger partial charge is 0.462 e. The summed E-state index contributed by atoms with van der Waals surface area (Å²) in [6.45, 7) is 6.88. The average Bonchev–Trinajstić information content (AvgIpc) is 2.33. The van der Waals surface area contributed by atoms with Gasteiger partial charge in [0.2, 0.25) is 0 Å². The highest BCUT2D eigenvalue weighted by Crippen LogP contribution is 2.21. The van der Waals surface area contributed by atoms with Crippen LogP contribution in [0, 0.1) is 0 Å². The summed E-state index contributed by atoms with van der Waals surface area (Å²) in [5.74, 6) is -1.76. The second-order valence-corrected chi connectivity index (χ2v) is 5.41. The summed E-state index contributed by atoms with van der Waals surface area (Å²) in [6, 6.07) is 0. The Hall–Kier alpha value is -1.67. The van der Waals surface area contributed by atoms with Crippen molar-refractivity contribution in [3.8, 4) is 0 Å². The molecule has 0 aliphatic rings. The zero-order valence-electron chi connectivity index (χ0n) is 11.8. The molecular formula is C12H20O7Si. The minimum atomic E-state index is -1.60. The fourth-order valence-corrected chi connectivity index (χ4v) is 2.31. The van der Waals surface area contributed by atoms with Crippen LogP contribution in [0.4, 0.5) is 0 Å². The van der Waals surface area contributed by atoms with Crippen LogP contribution in [0.15, 0.2) is 12.7 Å². The van der Waals surface area contributed by atoms with Gasteiger partial charge >= 0.3 is 17.9 Å². The van der Waals surface area contributed by atoms with Gasteiger partial charge in [-0.1, -0.05) is 6.08 Å². The van der Waals surface area contributed by atoms with Crippen molar-refractivity contribution in [1.29, 1.82) is 0 Å². The van der Waals surface area contributed by atoms with E-state index in [1.807, 2.05) is 0 Å². The molecule has 0 aromatic carbocycles. The highest BCUT2D eigenvalue weighted by molar-refractivity contribution is 6.29. The van der Waals surface area contributed by atoms with Gasteiger partial charge in [-0.15, -0.1) is 6.58 Å². The van der Waals surface area contributed by atoms with Crippen molar-refractivity contribution in [3.63, 3.8) is 0 Å². The molecule has 1 N–H and O–H groups in total. The van der Waals surface area contributed by atoms with Crippen molar-refractivity contribution in [2.75, 3.05) is 6.61 Å². The van der Waals surface area contributed by atoms with E-state index in [4.69, 9.17) is 14.2 Å². The summed E-state index contributed by atoms with van der Waals surface area (Å²) in [7, 11) is -1.60. The Labute approximate surface area is 119 Å². The van der Waals surface area contributed by atoms with Gasteiger partial charge in [-0.25, -0.2) is 0 Å². The molecule has 0 radical (unpaired) electrons. The lowest BCUT2D eigenvalue weighted by Gasteiger charge is -2.29. The third kappa shape index (κ3) is 7.05. The highest BCUT2D eigenvalue weighted by Gasteiger charge is 2.34. The summed E-state index contributed by atoms with van der Waals surface area (Å²) in [5, 5.41) is 0. The van der Waals surface area contributed by atoms with Crippen LogP contribution in [-0.4, -0.2) is 51.3 Å². The van der Waals surface area contributed by atoms with E-state index in [1.54, 1.807) is 0 Å². The monoisotopic (exact) mass is 304 g/mol. The summed E-state index contributed by atoms with van der Waals surface area (Å²) >= 11 is 0. The summed E-state index contributed by atoms with van der Waals surface area (Å²) < 4.78 is 14.9. The summed E-state index contributed by atoms with van der Waals surface area (Å²) in [5.41, 5.74) is -0.515. The summed E-state index contributed by atoms with van der Waals surface area (Å²) in [6.07, 6.45) is -0.475. The summed E-state index contributed by atoms with van der Waals surface area (Å²) in [4.78, 5) is 42.5. The van der Waals surface area contributed by atoms with E-state index in [0.29, 0.717) is 0 Å². The van der Waals surface area contributed by atoms with Crippen LogP contribution in [0.25, 0.3) is 0 Å². The minimum Gasteiger partial charge on any atom is -0.462 e. The predicted molar refractivity (Wildman–Crippen MR) is 72.5 cm³/mol. The number of hydrogen-bond donors (Lipinski definition) is 1. The van der Waals surface area contributed by atoms with Crippen molar-refractivity contribution in [1.82, 2.24) is 0 Å². The van der Waals surface area contributed by atoms with Gasteiger partial charge in [-0.05, 0) is 0 Å². The van der Waals surface area contributed by atoms with Crippen LogP contribution >= 0.6 is 0 Å². The fraction of sp³-hybridized carbons (Fsp3) is 0.583. The third-order valence-electron chi connectivity index (χ3n) is 2.37. The molecule has 0 fully saturated rings. The number of carbonyl (C=O) groups excluding carboxylic acids is 3. The zero-order chi connectivity index (χ0) is 15.7. The topological polar surface area (TPSA) is 99.1 Å². The van der Waals surface area contributed by atoms with E-state index >= 15 is 0 Å². The van der Waals surface area contributed by atoms with Gasteiger partial charge in [0.25, 0.3) is 0 Å². The maximum Gasteiger partial charge on any atom is 0.303 e. The molecule has 0 aliphatic heterocycles. The average molecular weight is 304 g/mol. The Morgan fingerprint density at radius 3 is 2.05 bits per heavy atom. The van der Waals surface area contributed by atoms with Gasteiger partial charge in [-0.2, -0.15) is 0 Å². The van der Waals surface area contributed by atoms with E-state index in [2.05, 4.69) is 6.58 Å². The lowest BCUT2D eigenvalue weighted by Crippen LogP contribution is -2.42. The van der Waals surface area contributed by atoms with E-state index < -0.39 is 45.4 Å². The van der Waals surface area contributed by atoms with Crippen molar-refractivity contribution < 1.29 is 33.4 Å². The molecule has 0 spiro atoms. The predicted octanol–water partition coefficient (Wildman–Crippen LogP) is -0.537. The maximum atomic E-state index is 11.1. The molecular weight excluding hydrogens is 284 g/mol. The molecule has 0 aromatic heterocycles. The molecule has 7 nitrogen and oxygen atoms in total. The Morgan fingerprint density at radius 1 is 1.15 bits per heavy atom. The molecule has 0 aliphatic carbocycles. The number of carbonyl (C=O) groups is 3. The molecule has 0 bridgehead atoms. The van der Waals surface area contributed by atoms with Gasteiger partial charge in [0.15, 0.2) is 15.9 Å². The SMILES string of the molecule is C=CC([SiH2]O)C(OC(C)=O)C(COC(C)=O)OC(C)=O. The van der Waals surface area contributed by atoms with Gasteiger partial charge in [-0.3, -0.25) is 14.4 Å². The van der Waals surface area contributed by atoms with E-state index in [9.17, 15) is 19.2 Å². The Morgan fingerprint density at radius 2 is 1.70 bits per heavy atom. The van der Waals surface area contributed by atoms with Crippen molar-refractivity contribution >= 4 is 27.7 Å². The lowest BCUT2D eigenvalue weighted by molar-refractivity contribution is -0.172. The van der Waals surface area contributed by atoms with E-state index in [0.717, 1.165) is 0 Å². The quantitative estimate of drug-likeness (QED) is 0.278. The second kappa shape index (κ2) is 9.27.